The quantitative estimate of drug-likeness (QED) is 0.447. The maximum Gasteiger partial charge on any atom is 0.316 e. The van der Waals surface area contributed by atoms with Crippen molar-refractivity contribution < 1.29 is 14.4 Å². The van der Waals surface area contributed by atoms with E-state index in [4.69, 9.17) is 11.5 Å². The molecule has 4 amide bonds. The van der Waals surface area contributed by atoms with Gasteiger partial charge in [0.05, 0.1) is 17.6 Å². The molecule has 0 bridgehead atoms. The van der Waals surface area contributed by atoms with Gasteiger partial charge in [-0.3, -0.25) is 9.59 Å². The smallest absolute Gasteiger partial charge is 0.316 e. The highest BCUT2D eigenvalue weighted by Crippen LogP contribution is 2.33. The van der Waals surface area contributed by atoms with Gasteiger partial charge >= 0.3 is 6.03 Å². The van der Waals surface area contributed by atoms with Crippen molar-refractivity contribution in [3.63, 3.8) is 0 Å². The zero-order chi connectivity index (χ0) is 24.2. The fourth-order valence-electron chi connectivity index (χ4n) is 3.77. The fraction of sp³-hybridized carbons (Fsp3) is 0.125. The first-order chi connectivity index (χ1) is 16.3. The van der Waals surface area contributed by atoms with Crippen LogP contribution in [0.1, 0.15) is 39.3 Å². The fourth-order valence-corrected chi connectivity index (χ4v) is 3.77. The van der Waals surface area contributed by atoms with Crippen LogP contribution in [0.2, 0.25) is 0 Å². The van der Waals surface area contributed by atoms with Crippen molar-refractivity contribution in [1.29, 1.82) is 0 Å². The lowest BCUT2D eigenvalue weighted by Crippen LogP contribution is -2.22. The van der Waals surface area contributed by atoms with Crippen molar-refractivity contribution in [1.82, 2.24) is 14.8 Å². The standard InChI is InChI=1S/C24H23N7O3/c1-14-12-17(31-13-19(28-24(26)34)21(30-31)22(25)32)9-10-18(14)15-5-7-16(8-6-15)23(33)29-20-4-2-3-11-27-20/h2-14,18H,1H3,(H2,25,32)(H3,26,28,34)(H,27,29,33). The monoisotopic (exact) mass is 457 g/mol. The van der Waals surface area contributed by atoms with Crippen molar-refractivity contribution in [3.05, 3.63) is 89.9 Å². The third-order valence-corrected chi connectivity index (χ3v) is 5.41. The van der Waals surface area contributed by atoms with Gasteiger partial charge in [-0.15, -0.1) is 0 Å². The van der Waals surface area contributed by atoms with E-state index in [9.17, 15) is 14.4 Å². The number of hydrogen-bond donors (Lipinski definition) is 4. The summed E-state index contributed by atoms with van der Waals surface area (Å²) < 4.78 is 1.47. The number of urea groups is 1. The van der Waals surface area contributed by atoms with Crippen molar-refractivity contribution in [3.8, 4) is 0 Å². The summed E-state index contributed by atoms with van der Waals surface area (Å²) in [6.07, 6.45) is 9.00. The Kier molecular flexibility index (Phi) is 6.22. The minimum Gasteiger partial charge on any atom is -0.364 e. The third-order valence-electron chi connectivity index (χ3n) is 5.41. The van der Waals surface area contributed by atoms with Gasteiger partial charge in [0, 0.05) is 17.7 Å². The van der Waals surface area contributed by atoms with Crippen LogP contribution in [-0.4, -0.2) is 32.6 Å². The van der Waals surface area contributed by atoms with E-state index in [-0.39, 0.29) is 29.1 Å². The maximum atomic E-state index is 12.5. The number of hydrogen-bond acceptors (Lipinski definition) is 5. The molecule has 6 N–H and O–H groups in total. The van der Waals surface area contributed by atoms with Crippen LogP contribution in [-0.2, 0) is 0 Å². The molecule has 0 radical (unpaired) electrons. The zero-order valence-corrected chi connectivity index (χ0v) is 18.3. The second kappa shape index (κ2) is 9.41. The predicted molar refractivity (Wildman–Crippen MR) is 128 cm³/mol. The lowest BCUT2D eigenvalue weighted by Gasteiger charge is -2.23. The average molecular weight is 457 g/mol. The van der Waals surface area contributed by atoms with E-state index in [0.717, 1.165) is 11.3 Å². The highest BCUT2D eigenvalue weighted by Gasteiger charge is 2.22. The number of primary amides is 2. The van der Waals surface area contributed by atoms with Crippen LogP contribution in [0.15, 0.2) is 73.1 Å². The molecule has 2 aromatic heterocycles. The van der Waals surface area contributed by atoms with Gasteiger partial charge in [-0.05, 0) is 41.8 Å². The van der Waals surface area contributed by atoms with Crippen LogP contribution >= 0.6 is 0 Å². The number of carbonyl (C=O) groups is 3. The molecule has 1 aromatic carbocycles. The van der Waals surface area contributed by atoms with Crippen LogP contribution in [0.3, 0.4) is 0 Å². The normalized spacial score (nSPS) is 17.0. The van der Waals surface area contributed by atoms with Crippen LogP contribution in [0.5, 0.6) is 0 Å². The van der Waals surface area contributed by atoms with E-state index in [1.54, 1.807) is 36.5 Å². The molecule has 2 atom stereocenters. The van der Waals surface area contributed by atoms with Crippen molar-refractivity contribution in [2.75, 3.05) is 10.6 Å². The molecule has 0 spiro atoms. The van der Waals surface area contributed by atoms with Crippen LogP contribution < -0.4 is 22.1 Å². The van der Waals surface area contributed by atoms with Crippen molar-refractivity contribution in [2.45, 2.75) is 12.8 Å². The Hall–Kier alpha value is -4.73. The topological polar surface area (TPSA) is 158 Å². The number of benzene rings is 1. The number of amides is 4. The lowest BCUT2D eigenvalue weighted by molar-refractivity contribution is 0.0993. The molecular weight excluding hydrogens is 434 g/mol. The Morgan fingerprint density at radius 1 is 1.03 bits per heavy atom. The second-order valence-electron chi connectivity index (χ2n) is 7.82. The van der Waals surface area contributed by atoms with Gasteiger partial charge in [-0.2, -0.15) is 5.10 Å². The molecule has 1 aliphatic carbocycles. The van der Waals surface area contributed by atoms with Gasteiger partial charge in [-0.1, -0.05) is 37.3 Å². The Morgan fingerprint density at radius 3 is 2.41 bits per heavy atom. The SMILES string of the molecule is CC1C=C(n2cc(NC(N)=O)c(C(N)=O)n2)C=CC1c1ccc(C(=O)Nc2ccccn2)cc1. The Labute approximate surface area is 195 Å². The van der Waals surface area contributed by atoms with E-state index in [0.29, 0.717) is 11.4 Å². The number of rotatable bonds is 6. The summed E-state index contributed by atoms with van der Waals surface area (Å²) in [5.41, 5.74) is 12.9. The minimum absolute atomic E-state index is 0.0750. The van der Waals surface area contributed by atoms with Gasteiger partial charge in [0.25, 0.3) is 11.8 Å². The van der Waals surface area contributed by atoms with Gasteiger partial charge in [0.15, 0.2) is 5.69 Å². The largest absolute Gasteiger partial charge is 0.364 e. The molecule has 0 fully saturated rings. The summed E-state index contributed by atoms with van der Waals surface area (Å²) in [5.74, 6) is -0.358. The summed E-state index contributed by atoms with van der Waals surface area (Å²) in [4.78, 5) is 39.4. The molecule has 3 aromatic rings. The molecule has 0 saturated carbocycles. The number of nitrogens with one attached hydrogen (secondary N) is 2. The van der Waals surface area contributed by atoms with Crippen molar-refractivity contribution >= 4 is 35.0 Å². The third kappa shape index (κ3) is 4.85. The number of carbonyl (C=O) groups excluding carboxylic acids is 3. The first-order valence-corrected chi connectivity index (χ1v) is 10.5. The van der Waals surface area contributed by atoms with Gasteiger partial charge in [-0.25, -0.2) is 14.5 Å². The van der Waals surface area contributed by atoms with E-state index >= 15 is 0 Å². The highest BCUT2D eigenvalue weighted by molar-refractivity contribution is 6.03. The molecule has 10 nitrogen and oxygen atoms in total. The summed E-state index contributed by atoms with van der Waals surface area (Å²) in [7, 11) is 0. The summed E-state index contributed by atoms with van der Waals surface area (Å²) >= 11 is 0. The number of nitrogens with two attached hydrogens (primary N) is 2. The second-order valence-corrected chi connectivity index (χ2v) is 7.82. The van der Waals surface area contributed by atoms with E-state index in [1.165, 1.54) is 10.9 Å². The van der Waals surface area contributed by atoms with E-state index in [2.05, 4.69) is 27.6 Å². The van der Waals surface area contributed by atoms with E-state index in [1.807, 2.05) is 30.4 Å². The van der Waals surface area contributed by atoms with Gasteiger partial charge < -0.3 is 22.1 Å². The first kappa shape index (κ1) is 22.5. The van der Waals surface area contributed by atoms with Crippen LogP contribution in [0.25, 0.3) is 5.70 Å². The number of allylic oxidation sites excluding steroid dienone is 4. The Bertz CT molecular complexity index is 1290. The molecule has 2 unspecified atom stereocenters. The maximum absolute atomic E-state index is 12.5. The lowest BCUT2D eigenvalue weighted by atomic mass is 9.83. The molecule has 2 heterocycles. The number of pyridine rings is 1. The highest BCUT2D eigenvalue weighted by atomic mass is 16.2. The molecule has 1 aliphatic rings. The molecular formula is C24H23N7O3. The number of aromatic nitrogens is 3. The Balaban J connectivity index is 1.49. The molecule has 10 heteroatoms. The van der Waals surface area contributed by atoms with Gasteiger partial charge in [0.2, 0.25) is 0 Å². The summed E-state index contributed by atoms with van der Waals surface area (Å²) in [6.45, 7) is 2.05. The van der Waals surface area contributed by atoms with Crippen LogP contribution in [0.4, 0.5) is 16.3 Å². The van der Waals surface area contributed by atoms with Gasteiger partial charge in [0.1, 0.15) is 5.82 Å². The minimum atomic E-state index is -0.819. The number of nitrogens with zero attached hydrogens (tertiary/aromatic N) is 3. The number of anilines is 2. The van der Waals surface area contributed by atoms with Crippen LogP contribution in [0, 0.1) is 5.92 Å². The summed E-state index contributed by atoms with van der Waals surface area (Å²) in [6, 6.07) is 11.9. The zero-order valence-electron chi connectivity index (χ0n) is 18.3. The average Bonchev–Trinajstić information content (AvgIpc) is 3.23. The molecule has 172 valence electrons. The molecule has 0 aliphatic heterocycles. The molecule has 4 rings (SSSR count). The van der Waals surface area contributed by atoms with Crippen molar-refractivity contribution in [2.24, 2.45) is 17.4 Å². The first-order valence-electron chi connectivity index (χ1n) is 10.5. The molecule has 34 heavy (non-hydrogen) atoms. The Morgan fingerprint density at radius 2 is 1.79 bits per heavy atom. The van der Waals surface area contributed by atoms with E-state index < -0.39 is 11.9 Å². The predicted octanol–water partition coefficient (Wildman–Crippen LogP) is 2.95. The molecule has 0 saturated heterocycles. The summed E-state index contributed by atoms with van der Waals surface area (Å²) in [5, 5.41) is 9.31.